The van der Waals surface area contributed by atoms with Crippen LogP contribution in [0.15, 0.2) is 30.7 Å². The van der Waals surface area contributed by atoms with Gasteiger partial charge < -0.3 is 10.8 Å². The van der Waals surface area contributed by atoms with Crippen LogP contribution in [-0.2, 0) is 11.3 Å². The molecule has 1 saturated heterocycles. The number of carboxylic acid groups (broad SMARTS) is 1. The topological polar surface area (TPSA) is 119 Å². The van der Waals surface area contributed by atoms with Crippen LogP contribution in [0.4, 0.5) is 10.2 Å². The van der Waals surface area contributed by atoms with E-state index in [4.69, 9.17) is 10.6 Å². The Morgan fingerprint density at radius 1 is 1.48 bits per heavy atom. The van der Waals surface area contributed by atoms with Gasteiger partial charge in [0.1, 0.15) is 11.4 Å². The Balaban J connectivity index is 1.71. The predicted molar refractivity (Wildman–Crippen MR) is 102 cm³/mol. The summed E-state index contributed by atoms with van der Waals surface area (Å²) in [6.07, 6.45) is 6.03. The summed E-state index contributed by atoms with van der Waals surface area (Å²) in [5.41, 5.74) is 7.55. The largest absolute Gasteiger partial charge is 0.477 e. The van der Waals surface area contributed by atoms with E-state index in [-0.39, 0.29) is 23.3 Å². The first kappa shape index (κ1) is 19.2. The summed E-state index contributed by atoms with van der Waals surface area (Å²) in [7, 11) is 0. The number of halogens is 1. The maximum atomic E-state index is 14.0. The van der Waals surface area contributed by atoms with Gasteiger partial charge in [-0.2, -0.15) is 5.10 Å². The van der Waals surface area contributed by atoms with E-state index in [1.807, 2.05) is 6.92 Å². The summed E-state index contributed by atoms with van der Waals surface area (Å²) in [5, 5.41) is 14.9. The SMILES string of the molecule is CC(N)CCc1ncc(F)cc1C1CCON1c1ccn2ncc(C(=O)O)c2n1. The molecule has 1 aliphatic heterocycles. The van der Waals surface area contributed by atoms with Crippen molar-refractivity contribution in [1.82, 2.24) is 19.6 Å². The molecule has 1 aliphatic rings. The number of hydroxylamine groups is 1. The highest BCUT2D eigenvalue weighted by Gasteiger charge is 2.32. The highest BCUT2D eigenvalue weighted by atomic mass is 19.1. The van der Waals surface area contributed by atoms with Crippen LogP contribution in [0.3, 0.4) is 0 Å². The Morgan fingerprint density at radius 2 is 2.31 bits per heavy atom. The number of nitrogens with zero attached hydrogens (tertiary/aromatic N) is 5. The Kier molecular flexibility index (Phi) is 5.12. The lowest BCUT2D eigenvalue weighted by molar-refractivity contribution is 0.0698. The number of carbonyl (C=O) groups is 1. The summed E-state index contributed by atoms with van der Waals surface area (Å²) >= 11 is 0. The standard InChI is InChI=1S/C19H21FN6O3/c1-11(21)2-3-15-13(8-12(20)9-22-15)16-5-7-29-26(16)17-4-6-25-18(24-17)14(10-23-25)19(27)28/h4,6,8-11,16H,2-3,5,7,21H2,1H3,(H,27,28). The summed E-state index contributed by atoms with van der Waals surface area (Å²) in [6.45, 7) is 2.34. The van der Waals surface area contributed by atoms with E-state index in [2.05, 4.69) is 15.1 Å². The molecule has 0 saturated carbocycles. The quantitative estimate of drug-likeness (QED) is 0.646. The molecule has 4 rings (SSSR count). The molecule has 0 aliphatic carbocycles. The molecule has 9 nitrogen and oxygen atoms in total. The van der Waals surface area contributed by atoms with Gasteiger partial charge in [-0.05, 0) is 25.8 Å². The molecule has 0 spiro atoms. The van der Waals surface area contributed by atoms with Gasteiger partial charge in [0.15, 0.2) is 11.5 Å². The molecule has 3 aromatic rings. The van der Waals surface area contributed by atoms with Crippen LogP contribution < -0.4 is 10.8 Å². The van der Waals surface area contributed by atoms with E-state index in [1.54, 1.807) is 17.3 Å². The minimum Gasteiger partial charge on any atom is -0.477 e. The van der Waals surface area contributed by atoms with E-state index < -0.39 is 11.8 Å². The van der Waals surface area contributed by atoms with Crippen molar-refractivity contribution in [3.63, 3.8) is 0 Å². The second kappa shape index (κ2) is 7.72. The molecule has 2 unspecified atom stereocenters. The van der Waals surface area contributed by atoms with E-state index in [0.717, 1.165) is 17.7 Å². The van der Waals surface area contributed by atoms with E-state index in [1.165, 1.54) is 23.0 Å². The molecule has 29 heavy (non-hydrogen) atoms. The summed E-state index contributed by atoms with van der Waals surface area (Å²) < 4.78 is 15.4. The van der Waals surface area contributed by atoms with Crippen molar-refractivity contribution in [2.24, 2.45) is 5.73 Å². The summed E-state index contributed by atoms with van der Waals surface area (Å²) in [6, 6.07) is 2.85. The van der Waals surface area contributed by atoms with Crippen molar-refractivity contribution in [2.75, 3.05) is 11.7 Å². The van der Waals surface area contributed by atoms with Crippen molar-refractivity contribution < 1.29 is 19.1 Å². The fraction of sp³-hybridized carbons (Fsp3) is 0.368. The molecule has 1 fully saturated rings. The van der Waals surface area contributed by atoms with Gasteiger partial charge in [0, 0.05) is 36.0 Å². The van der Waals surface area contributed by atoms with Crippen molar-refractivity contribution in [3.8, 4) is 0 Å². The fourth-order valence-corrected chi connectivity index (χ4v) is 3.46. The molecule has 3 N–H and O–H groups in total. The van der Waals surface area contributed by atoms with Crippen molar-refractivity contribution in [2.45, 2.75) is 38.3 Å². The summed E-state index contributed by atoms with van der Waals surface area (Å²) in [5.74, 6) is -1.12. The highest BCUT2D eigenvalue weighted by Crippen LogP contribution is 2.36. The zero-order valence-corrected chi connectivity index (χ0v) is 15.8. The molecular weight excluding hydrogens is 379 g/mol. The second-order valence-electron chi connectivity index (χ2n) is 7.09. The Labute approximate surface area is 165 Å². The minimum absolute atomic E-state index is 0.00557. The maximum absolute atomic E-state index is 14.0. The molecule has 0 amide bonds. The smallest absolute Gasteiger partial charge is 0.341 e. The van der Waals surface area contributed by atoms with Crippen LogP contribution in [0.25, 0.3) is 5.65 Å². The number of carboxylic acids is 1. The van der Waals surface area contributed by atoms with Crippen LogP contribution in [0.2, 0.25) is 0 Å². The molecule has 2 atom stereocenters. The van der Waals surface area contributed by atoms with Crippen LogP contribution in [0.5, 0.6) is 0 Å². The third-order valence-electron chi connectivity index (χ3n) is 4.88. The Bertz CT molecular complexity index is 1050. The number of fused-ring (bicyclic) bond motifs is 1. The average Bonchev–Trinajstić information content (AvgIpc) is 3.33. The molecule has 152 valence electrons. The lowest BCUT2D eigenvalue weighted by Crippen LogP contribution is -2.24. The fourth-order valence-electron chi connectivity index (χ4n) is 3.46. The van der Waals surface area contributed by atoms with E-state index >= 15 is 0 Å². The number of rotatable bonds is 6. The Hall–Kier alpha value is -3.11. The van der Waals surface area contributed by atoms with Gasteiger partial charge >= 0.3 is 5.97 Å². The summed E-state index contributed by atoms with van der Waals surface area (Å²) in [4.78, 5) is 25.9. The zero-order chi connectivity index (χ0) is 20.5. The third-order valence-corrected chi connectivity index (χ3v) is 4.88. The van der Waals surface area contributed by atoms with Gasteiger partial charge in [-0.15, -0.1) is 0 Å². The van der Waals surface area contributed by atoms with Crippen molar-refractivity contribution in [3.05, 3.63) is 53.4 Å². The number of pyridine rings is 1. The number of anilines is 1. The average molecular weight is 400 g/mol. The zero-order valence-electron chi connectivity index (χ0n) is 15.8. The van der Waals surface area contributed by atoms with Gasteiger partial charge in [0.25, 0.3) is 0 Å². The number of hydrogen-bond donors (Lipinski definition) is 2. The highest BCUT2D eigenvalue weighted by molar-refractivity contribution is 5.94. The molecule has 0 radical (unpaired) electrons. The van der Waals surface area contributed by atoms with Gasteiger partial charge in [0.2, 0.25) is 0 Å². The molecule has 3 aromatic heterocycles. The lowest BCUT2D eigenvalue weighted by Gasteiger charge is -2.25. The van der Waals surface area contributed by atoms with E-state index in [0.29, 0.717) is 25.3 Å². The van der Waals surface area contributed by atoms with E-state index in [9.17, 15) is 14.3 Å². The van der Waals surface area contributed by atoms with Gasteiger partial charge in [-0.3, -0.25) is 9.82 Å². The second-order valence-corrected chi connectivity index (χ2v) is 7.09. The predicted octanol–water partition coefficient (Wildman–Crippen LogP) is 2.12. The molecular formula is C19H21FN6O3. The van der Waals surface area contributed by atoms with Crippen LogP contribution in [0.1, 0.15) is 47.4 Å². The van der Waals surface area contributed by atoms with Gasteiger partial charge in [-0.25, -0.2) is 23.7 Å². The van der Waals surface area contributed by atoms with Crippen molar-refractivity contribution in [1.29, 1.82) is 0 Å². The normalized spacial score (nSPS) is 17.8. The first-order valence-corrected chi connectivity index (χ1v) is 9.33. The monoisotopic (exact) mass is 400 g/mol. The van der Waals surface area contributed by atoms with Gasteiger partial charge in [-0.1, -0.05) is 0 Å². The maximum Gasteiger partial charge on any atom is 0.341 e. The number of hydrogen-bond acceptors (Lipinski definition) is 7. The molecule has 4 heterocycles. The first-order valence-electron chi connectivity index (χ1n) is 9.33. The molecule has 0 bridgehead atoms. The number of aryl methyl sites for hydroxylation is 1. The van der Waals surface area contributed by atoms with Crippen LogP contribution in [0, 0.1) is 5.82 Å². The minimum atomic E-state index is -1.11. The number of nitrogens with two attached hydrogens (primary N) is 1. The first-order chi connectivity index (χ1) is 13.9. The third kappa shape index (κ3) is 3.76. The molecule has 0 aromatic carbocycles. The Morgan fingerprint density at radius 3 is 3.07 bits per heavy atom. The van der Waals surface area contributed by atoms with Crippen LogP contribution in [-0.4, -0.2) is 43.3 Å². The van der Waals surface area contributed by atoms with Crippen molar-refractivity contribution >= 4 is 17.4 Å². The molecule has 10 heteroatoms. The number of aromatic carboxylic acids is 1. The van der Waals surface area contributed by atoms with Crippen LogP contribution >= 0.6 is 0 Å². The van der Waals surface area contributed by atoms with Gasteiger partial charge in [0.05, 0.1) is 25.0 Å². The lowest BCUT2D eigenvalue weighted by atomic mass is 9.98. The number of aromatic nitrogens is 4.